The molecule has 3 aromatic carbocycles. The number of benzene rings is 3. The molecule has 0 aromatic heterocycles. The molecule has 3 aromatic rings. The summed E-state index contributed by atoms with van der Waals surface area (Å²) in [5, 5.41) is 2.99. The zero-order chi connectivity index (χ0) is 24.5. The van der Waals surface area contributed by atoms with Gasteiger partial charge in [-0.15, -0.1) is 0 Å². The maximum atomic E-state index is 13.5. The Bertz CT molecular complexity index is 1070. The molecule has 1 N–H and O–H groups in total. The number of rotatable bonds is 10. The fourth-order valence-corrected chi connectivity index (χ4v) is 3.85. The Kier molecular flexibility index (Phi) is 9.28. The highest BCUT2D eigenvalue weighted by Gasteiger charge is 2.31. The monoisotopic (exact) mass is 522 g/mol. The first-order chi connectivity index (χ1) is 16.3. The van der Waals surface area contributed by atoms with E-state index in [4.69, 9.17) is 4.74 Å². The van der Waals surface area contributed by atoms with Gasteiger partial charge in [0.2, 0.25) is 5.91 Å². The molecule has 34 heavy (non-hydrogen) atoms. The molecule has 6 heteroatoms. The lowest BCUT2D eigenvalue weighted by Crippen LogP contribution is -2.52. The molecule has 2 amide bonds. The lowest BCUT2D eigenvalue weighted by molar-refractivity contribution is -0.143. The average molecular weight is 523 g/mol. The number of carbonyl (C=O) groups excluding carboxylic acids is 2. The Hall–Kier alpha value is -3.12. The van der Waals surface area contributed by atoms with Crippen LogP contribution in [0.5, 0.6) is 5.75 Å². The Balaban J connectivity index is 1.89. The molecule has 1 atom stereocenters. The molecule has 0 heterocycles. The summed E-state index contributed by atoms with van der Waals surface area (Å²) in [5.41, 5.74) is 3.03. The third-order valence-corrected chi connectivity index (χ3v) is 5.88. The van der Waals surface area contributed by atoms with Crippen LogP contribution in [0.1, 0.15) is 30.5 Å². The number of nitrogens with one attached hydrogen (secondary N) is 1. The molecule has 0 unspecified atom stereocenters. The topological polar surface area (TPSA) is 58.6 Å². The van der Waals surface area contributed by atoms with Crippen molar-refractivity contribution < 1.29 is 14.3 Å². The summed E-state index contributed by atoms with van der Waals surface area (Å²) < 4.78 is 6.75. The molecule has 0 saturated heterocycles. The summed E-state index contributed by atoms with van der Waals surface area (Å²) in [6, 6.07) is 24.4. The molecular formula is C28H31BrN2O3. The first kappa shape index (κ1) is 25.5. The molecule has 0 fully saturated rings. The fourth-order valence-electron chi connectivity index (χ4n) is 3.58. The van der Waals surface area contributed by atoms with E-state index in [0.29, 0.717) is 18.7 Å². The molecular weight excluding hydrogens is 492 g/mol. The number of halogens is 1. The number of ether oxygens (including phenoxy) is 1. The third-order valence-electron chi connectivity index (χ3n) is 5.35. The largest absolute Gasteiger partial charge is 0.484 e. The van der Waals surface area contributed by atoms with Crippen molar-refractivity contribution in [2.24, 2.45) is 0 Å². The van der Waals surface area contributed by atoms with Gasteiger partial charge in [0.05, 0.1) is 0 Å². The minimum absolute atomic E-state index is 0.0424. The van der Waals surface area contributed by atoms with Gasteiger partial charge in [0, 0.05) is 23.5 Å². The molecule has 178 valence electrons. The Morgan fingerprint density at radius 3 is 2.18 bits per heavy atom. The van der Waals surface area contributed by atoms with Crippen molar-refractivity contribution >= 4 is 27.7 Å². The summed E-state index contributed by atoms with van der Waals surface area (Å²) in [6.07, 6.45) is 0.409. The number of aryl methyl sites for hydroxylation is 1. The molecule has 0 radical (unpaired) electrons. The van der Waals surface area contributed by atoms with Crippen LogP contribution in [0.15, 0.2) is 83.3 Å². The SMILES string of the molecule is Cc1ccc(OCC(=O)N(Cc2ccc(Br)cc2)[C@@H](Cc2ccccc2)C(=O)NC(C)C)cc1. The van der Waals surface area contributed by atoms with Gasteiger partial charge in [-0.25, -0.2) is 0 Å². The van der Waals surface area contributed by atoms with Crippen LogP contribution < -0.4 is 10.1 Å². The van der Waals surface area contributed by atoms with E-state index < -0.39 is 6.04 Å². The normalized spacial score (nSPS) is 11.7. The fraction of sp³-hybridized carbons (Fsp3) is 0.286. The standard InChI is InChI=1S/C28H31BrN2O3/c1-20(2)30-28(33)26(17-22-7-5-4-6-8-22)31(18-23-11-13-24(29)14-12-23)27(32)19-34-25-15-9-21(3)10-16-25/h4-16,20,26H,17-19H2,1-3H3,(H,30,33)/t26-/m0/s1. The van der Waals surface area contributed by atoms with Gasteiger partial charge in [0.25, 0.3) is 5.91 Å². The van der Waals surface area contributed by atoms with Crippen LogP contribution in [0.25, 0.3) is 0 Å². The maximum Gasteiger partial charge on any atom is 0.261 e. The van der Waals surface area contributed by atoms with E-state index in [1.165, 1.54) is 0 Å². The maximum absolute atomic E-state index is 13.5. The predicted octanol–water partition coefficient (Wildman–Crippen LogP) is 5.30. The van der Waals surface area contributed by atoms with Crippen LogP contribution >= 0.6 is 15.9 Å². The minimum Gasteiger partial charge on any atom is -0.484 e. The number of amides is 2. The van der Waals surface area contributed by atoms with Crippen LogP contribution in [0.2, 0.25) is 0 Å². The molecule has 0 bridgehead atoms. The van der Waals surface area contributed by atoms with Crippen molar-refractivity contribution in [3.63, 3.8) is 0 Å². The number of carbonyl (C=O) groups is 2. The first-order valence-electron chi connectivity index (χ1n) is 11.4. The second-order valence-electron chi connectivity index (χ2n) is 8.62. The first-order valence-corrected chi connectivity index (χ1v) is 12.2. The average Bonchev–Trinajstić information content (AvgIpc) is 2.82. The number of nitrogens with zero attached hydrogens (tertiary/aromatic N) is 1. The smallest absolute Gasteiger partial charge is 0.261 e. The summed E-state index contributed by atoms with van der Waals surface area (Å²) in [7, 11) is 0. The predicted molar refractivity (Wildman–Crippen MR) is 139 cm³/mol. The Labute approximate surface area is 210 Å². The van der Waals surface area contributed by atoms with Crippen molar-refractivity contribution in [1.29, 1.82) is 0 Å². The van der Waals surface area contributed by atoms with E-state index in [9.17, 15) is 9.59 Å². The van der Waals surface area contributed by atoms with Gasteiger partial charge in [-0.3, -0.25) is 9.59 Å². The van der Waals surface area contributed by atoms with Crippen molar-refractivity contribution in [2.45, 2.75) is 45.8 Å². The lowest BCUT2D eigenvalue weighted by Gasteiger charge is -2.32. The molecule has 5 nitrogen and oxygen atoms in total. The zero-order valence-electron chi connectivity index (χ0n) is 19.8. The van der Waals surface area contributed by atoms with Crippen LogP contribution in [-0.4, -0.2) is 35.4 Å². The van der Waals surface area contributed by atoms with Crippen LogP contribution in [0.4, 0.5) is 0 Å². The summed E-state index contributed by atoms with van der Waals surface area (Å²) in [6.45, 7) is 5.97. The van der Waals surface area contributed by atoms with E-state index in [-0.39, 0.29) is 24.5 Å². The van der Waals surface area contributed by atoms with Crippen molar-refractivity contribution in [3.05, 3.63) is 100 Å². The van der Waals surface area contributed by atoms with Gasteiger partial charge >= 0.3 is 0 Å². The highest BCUT2D eigenvalue weighted by atomic mass is 79.9. The van der Waals surface area contributed by atoms with E-state index in [1.54, 1.807) is 4.90 Å². The van der Waals surface area contributed by atoms with Gasteiger partial charge in [0.15, 0.2) is 6.61 Å². The molecule has 0 aliphatic heterocycles. The van der Waals surface area contributed by atoms with E-state index in [1.807, 2.05) is 99.6 Å². The van der Waals surface area contributed by atoms with Crippen LogP contribution in [0, 0.1) is 6.92 Å². The van der Waals surface area contributed by atoms with Crippen LogP contribution in [-0.2, 0) is 22.6 Å². The van der Waals surface area contributed by atoms with Crippen molar-refractivity contribution in [3.8, 4) is 5.75 Å². The molecule has 0 aliphatic rings. The van der Waals surface area contributed by atoms with Crippen molar-refractivity contribution in [2.75, 3.05) is 6.61 Å². The highest BCUT2D eigenvalue weighted by molar-refractivity contribution is 9.10. The molecule has 0 spiro atoms. The van der Waals surface area contributed by atoms with Gasteiger partial charge in [0.1, 0.15) is 11.8 Å². The second-order valence-corrected chi connectivity index (χ2v) is 9.53. The quantitative estimate of drug-likeness (QED) is 0.393. The van der Waals surface area contributed by atoms with E-state index in [0.717, 1.165) is 21.2 Å². The Morgan fingerprint density at radius 2 is 1.56 bits per heavy atom. The highest BCUT2D eigenvalue weighted by Crippen LogP contribution is 2.18. The van der Waals surface area contributed by atoms with Gasteiger partial charge in [-0.1, -0.05) is 76.1 Å². The second kappa shape index (κ2) is 12.4. The molecule has 3 rings (SSSR count). The number of hydrogen-bond acceptors (Lipinski definition) is 3. The van der Waals surface area contributed by atoms with Gasteiger partial charge in [-0.2, -0.15) is 0 Å². The summed E-state index contributed by atoms with van der Waals surface area (Å²) in [4.78, 5) is 28.4. The molecule has 0 aliphatic carbocycles. The van der Waals surface area contributed by atoms with E-state index in [2.05, 4.69) is 21.2 Å². The lowest BCUT2D eigenvalue weighted by atomic mass is 10.0. The zero-order valence-corrected chi connectivity index (χ0v) is 21.4. The van der Waals surface area contributed by atoms with Gasteiger partial charge in [-0.05, 0) is 56.2 Å². The summed E-state index contributed by atoms with van der Waals surface area (Å²) in [5.74, 6) is 0.191. The summed E-state index contributed by atoms with van der Waals surface area (Å²) >= 11 is 3.46. The van der Waals surface area contributed by atoms with E-state index >= 15 is 0 Å². The van der Waals surface area contributed by atoms with Crippen LogP contribution in [0.3, 0.4) is 0 Å². The van der Waals surface area contributed by atoms with Gasteiger partial charge < -0.3 is 15.0 Å². The van der Waals surface area contributed by atoms with Crippen molar-refractivity contribution in [1.82, 2.24) is 10.2 Å². The minimum atomic E-state index is -0.678. The number of hydrogen-bond donors (Lipinski definition) is 1. The third kappa shape index (κ3) is 7.73. The Morgan fingerprint density at radius 1 is 0.912 bits per heavy atom. The molecule has 0 saturated carbocycles.